The lowest BCUT2D eigenvalue weighted by Crippen LogP contribution is -2.09. The third-order valence-corrected chi connectivity index (χ3v) is 2.00. The summed E-state index contributed by atoms with van der Waals surface area (Å²) in [6.45, 7) is 8.89. The summed E-state index contributed by atoms with van der Waals surface area (Å²) in [6, 6.07) is 1.61. The number of hydrogen-bond acceptors (Lipinski definition) is 4. The molecule has 0 rings (SSSR count). The van der Waals surface area contributed by atoms with Crippen LogP contribution in [0, 0.1) is 11.3 Å². The summed E-state index contributed by atoms with van der Waals surface area (Å²) < 4.78 is 4.85. The quantitative estimate of drug-likeness (QED) is 0.245. The Hall–Kier alpha value is -2.35. The zero-order chi connectivity index (χ0) is 14.1. The van der Waals surface area contributed by atoms with Crippen molar-refractivity contribution in [3.8, 4) is 6.07 Å². The Kier molecular flexibility index (Phi) is 6.82. The normalized spacial score (nSPS) is 10.3. The molecule has 5 nitrogen and oxygen atoms in total. The van der Waals surface area contributed by atoms with E-state index >= 15 is 0 Å². The van der Waals surface area contributed by atoms with Crippen molar-refractivity contribution in [3.05, 3.63) is 36.0 Å². The molecular weight excluding hydrogens is 234 g/mol. The molecule has 0 aliphatic carbocycles. The van der Waals surface area contributed by atoms with Gasteiger partial charge < -0.3 is 9.84 Å². The van der Waals surface area contributed by atoms with E-state index in [9.17, 15) is 9.59 Å². The summed E-state index contributed by atoms with van der Waals surface area (Å²) in [5.74, 6) is -2.04. The van der Waals surface area contributed by atoms with Gasteiger partial charge in [-0.15, -0.1) is 0 Å². The highest BCUT2D eigenvalue weighted by Gasteiger charge is 2.14. The van der Waals surface area contributed by atoms with Crippen LogP contribution in [0.25, 0.3) is 0 Å². The SMILES string of the molecule is C=C(/C=C(\C(=C)C#N)C(=O)O)C(=O)OCCCC. The summed E-state index contributed by atoms with van der Waals surface area (Å²) in [6.07, 6.45) is 2.59. The van der Waals surface area contributed by atoms with Gasteiger partial charge in [-0.05, 0) is 12.5 Å². The number of carbonyl (C=O) groups excluding carboxylic acids is 1. The monoisotopic (exact) mass is 249 g/mol. The number of nitriles is 1. The number of hydrogen-bond donors (Lipinski definition) is 1. The molecule has 0 fully saturated rings. The van der Waals surface area contributed by atoms with Gasteiger partial charge in [0.15, 0.2) is 0 Å². The summed E-state index contributed by atoms with van der Waals surface area (Å²) >= 11 is 0. The van der Waals surface area contributed by atoms with Gasteiger partial charge in [-0.2, -0.15) is 5.26 Å². The average molecular weight is 249 g/mol. The van der Waals surface area contributed by atoms with Gasteiger partial charge in [0.25, 0.3) is 0 Å². The van der Waals surface area contributed by atoms with E-state index in [0.717, 1.165) is 18.9 Å². The van der Waals surface area contributed by atoms with E-state index in [1.165, 1.54) is 0 Å². The second-order valence-corrected chi connectivity index (χ2v) is 3.47. The van der Waals surface area contributed by atoms with E-state index in [0.29, 0.717) is 0 Å². The van der Waals surface area contributed by atoms with E-state index in [4.69, 9.17) is 15.1 Å². The Morgan fingerprint density at radius 3 is 2.50 bits per heavy atom. The maximum Gasteiger partial charge on any atom is 0.337 e. The molecule has 0 atom stereocenters. The van der Waals surface area contributed by atoms with Gasteiger partial charge in [-0.3, -0.25) is 0 Å². The molecule has 0 radical (unpaired) electrons. The molecule has 0 bridgehead atoms. The second-order valence-electron chi connectivity index (χ2n) is 3.47. The van der Waals surface area contributed by atoms with Gasteiger partial charge in [-0.1, -0.05) is 26.5 Å². The number of unbranched alkanes of at least 4 members (excludes halogenated alkanes) is 1. The summed E-state index contributed by atoms with van der Waals surface area (Å²) in [5, 5.41) is 17.4. The van der Waals surface area contributed by atoms with Gasteiger partial charge in [-0.25, -0.2) is 9.59 Å². The molecule has 0 spiro atoms. The first-order valence-corrected chi connectivity index (χ1v) is 5.34. The van der Waals surface area contributed by atoms with Gasteiger partial charge in [0.05, 0.1) is 29.4 Å². The first-order chi connectivity index (χ1) is 8.43. The van der Waals surface area contributed by atoms with Crippen LogP contribution in [-0.4, -0.2) is 23.7 Å². The molecule has 0 aromatic carbocycles. The van der Waals surface area contributed by atoms with Crippen LogP contribution >= 0.6 is 0 Å². The van der Waals surface area contributed by atoms with Crippen molar-refractivity contribution in [2.45, 2.75) is 19.8 Å². The van der Waals surface area contributed by atoms with Crippen LogP contribution in [0.4, 0.5) is 0 Å². The Morgan fingerprint density at radius 2 is 2.06 bits per heavy atom. The standard InChI is InChI=1S/C13H15NO4/c1-4-5-6-18-13(17)9(2)7-11(12(15)16)10(3)8-14/h7H,2-6H2,1H3,(H,15,16)/b11-7+. The molecule has 0 aliphatic rings. The first-order valence-electron chi connectivity index (χ1n) is 5.34. The first kappa shape index (κ1) is 15.7. The Morgan fingerprint density at radius 1 is 1.44 bits per heavy atom. The maximum atomic E-state index is 11.4. The number of nitrogens with zero attached hydrogens (tertiary/aromatic N) is 1. The molecule has 0 heterocycles. The van der Waals surface area contributed by atoms with Crippen molar-refractivity contribution in [2.75, 3.05) is 6.61 Å². The highest BCUT2D eigenvalue weighted by molar-refractivity contribution is 5.98. The van der Waals surface area contributed by atoms with Gasteiger partial charge in [0.2, 0.25) is 0 Å². The smallest absolute Gasteiger partial charge is 0.337 e. The summed E-state index contributed by atoms with van der Waals surface area (Å²) in [5.41, 5.74) is -0.736. The highest BCUT2D eigenvalue weighted by atomic mass is 16.5. The Bertz CT molecular complexity index is 440. The van der Waals surface area contributed by atoms with Crippen molar-refractivity contribution in [1.82, 2.24) is 0 Å². The number of carbonyl (C=O) groups is 2. The Labute approximate surface area is 106 Å². The molecule has 0 saturated heterocycles. The number of ether oxygens (including phenoxy) is 1. The van der Waals surface area contributed by atoms with Crippen molar-refractivity contribution in [2.24, 2.45) is 0 Å². The van der Waals surface area contributed by atoms with Crippen LogP contribution in [0.3, 0.4) is 0 Å². The van der Waals surface area contributed by atoms with E-state index in [1.807, 2.05) is 6.92 Å². The lowest BCUT2D eigenvalue weighted by Gasteiger charge is -2.04. The van der Waals surface area contributed by atoms with Crippen LogP contribution in [0.5, 0.6) is 0 Å². The number of aliphatic carboxylic acids is 1. The van der Waals surface area contributed by atoms with Crippen LogP contribution in [-0.2, 0) is 14.3 Å². The molecule has 0 aromatic rings. The van der Waals surface area contributed by atoms with Gasteiger partial charge in [0, 0.05) is 0 Å². The third-order valence-electron chi connectivity index (χ3n) is 2.00. The van der Waals surface area contributed by atoms with Crippen LogP contribution in [0.15, 0.2) is 36.0 Å². The molecule has 0 aliphatic heterocycles. The minimum atomic E-state index is -1.34. The van der Waals surface area contributed by atoms with Crippen LogP contribution in [0.1, 0.15) is 19.8 Å². The molecule has 96 valence electrons. The summed E-state index contributed by atoms with van der Waals surface area (Å²) in [4.78, 5) is 22.3. The Balaban J connectivity index is 4.77. The van der Waals surface area contributed by atoms with Crippen molar-refractivity contribution < 1.29 is 19.4 Å². The second kappa shape index (κ2) is 7.85. The van der Waals surface area contributed by atoms with E-state index in [-0.39, 0.29) is 23.3 Å². The van der Waals surface area contributed by atoms with Crippen molar-refractivity contribution >= 4 is 11.9 Å². The van der Waals surface area contributed by atoms with Gasteiger partial charge in [0.1, 0.15) is 0 Å². The lowest BCUT2D eigenvalue weighted by molar-refractivity contribution is -0.138. The minimum absolute atomic E-state index is 0.125. The molecule has 5 heteroatoms. The number of rotatable bonds is 7. The number of esters is 1. The number of carboxylic acid groups (broad SMARTS) is 1. The molecule has 0 aromatic heterocycles. The molecule has 0 unspecified atom stereocenters. The molecule has 1 N–H and O–H groups in total. The van der Waals surface area contributed by atoms with Crippen molar-refractivity contribution in [3.63, 3.8) is 0 Å². The van der Waals surface area contributed by atoms with E-state index in [2.05, 4.69) is 13.2 Å². The van der Waals surface area contributed by atoms with Crippen LogP contribution < -0.4 is 0 Å². The molecule has 18 heavy (non-hydrogen) atoms. The predicted molar refractivity (Wildman–Crippen MR) is 65.5 cm³/mol. The summed E-state index contributed by atoms with van der Waals surface area (Å²) in [7, 11) is 0. The van der Waals surface area contributed by atoms with E-state index in [1.54, 1.807) is 6.07 Å². The maximum absolute atomic E-state index is 11.4. The fourth-order valence-electron chi connectivity index (χ4n) is 0.973. The lowest BCUT2D eigenvalue weighted by atomic mass is 10.1. The zero-order valence-corrected chi connectivity index (χ0v) is 10.2. The van der Waals surface area contributed by atoms with E-state index < -0.39 is 11.9 Å². The topological polar surface area (TPSA) is 87.4 Å². The third kappa shape index (κ3) is 5.12. The van der Waals surface area contributed by atoms with Crippen LogP contribution in [0.2, 0.25) is 0 Å². The predicted octanol–water partition coefficient (Wildman–Crippen LogP) is 1.98. The number of carboxylic acids is 1. The molecule has 0 amide bonds. The molecule has 0 saturated carbocycles. The minimum Gasteiger partial charge on any atom is -0.478 e. The average Bonchev–Trinajstić information content (AvgIpc) is 2.34. The van der Waals surface area contributed by atoms with Gasteiger partial charge >= 0.3 is 11.9 Å². The highest BCUT2D eigenvalue weighted by Crippen LogP contribution is 2.11. The van der Waals surface area contributed by atoms with Crippen molar-refractivity contribution in [1.29, 1.82) is 5.26 Å². The fourth-order valence-corrected chi connectivity index (χ4v) is 0.973. The zero-order valence-electron chi connectivity index (χ0n) is 10.2. The largest absolute Gasteiger partial charge is 0.478 e. The molecular formula is C13H15NO4. The fraction of sp³-hybridized carbons (Fsp3) is 0.308.